The van der Waals surface area contributed by atoms with Gasteiger partial charge in [-0.1, -0.05) is 11.6 Å². The summed E-state index contributed by atoms with van der Waals surface area (Å²) in [6.07, 6.45) is 1.75. The number of fused-ring (bicyclic) bond motifs is 3. The number of hydrogen-bond donors (Lipinski definition) is 0. The van der Waals surface area contributed by atoms with Gasteiger partial charge in [0.05, 0.1) is 17.2 Å². The normalized spacial score (nSPS) is 20.2. The molecule has 0 saturated carbocycles. The number of nitro groups is 1. The van der Waals surface area contributed by atoms with E-state index in [1.54, 1.807) is 24.5 Å². The molecule has 2 aromatic carbocycles. The lowest BCUT2D eigenvalue weighted by atomic mass is 9.97. The third kappa shape index (κ3) is 2.71. The van der Waals surface area contributed by atoms with Gasteiger partial charge in [0.1, 0.15) is 17.2 Å². The zero-order chi connectivity index (χ0) is 19.3. The highest BCUT2D eigenvalue weighted by atomic mass is 35.5. The first-order valence-corrected chi connectivity index (χ1v) is 9.08. The number of ether oxygens (including phenoxy) is 1. The first kappa shape index (κ1) is 16.8. The van der Waals surface area contributed by atoms with Gasteiger partial charge < -0.3 is 9.15 Å². The largest absolute Gasteiger partial charge is 0.464 e. The number of nitro benzene ring substituents is 1. The lowest BCUT2D eigenvalue weighted by Gasteiger charge is -2.38. The van der Waals surface area contributed by atoms with E-state index in [2.05, 4.69) is 0 Å². The predicted molar refractivity (Wildman–Crippen MR) is 102 cm³/mol. The lowest BCUT2D eigenvalue weighted by molar-refractivity contribution is -0.384. The van der Waals surface area contributed by atoms with Crippen molar-refractivity contribution in [3.8, 4) is 5.75 Å². The molecule has 0 bridgehead atoms. The van der Waals surface area contributed by atoms with E-state index < -0.39 is 11.2 Å². The molecule has 0 amide bonds. The van der Waals surface area contributed by atoms with E-state index in [4.69, 9.17) is 25.9 Å². The van der Waals surface area contributed by atoms with Crippen LogP contribution in [0.2, 0.25) is 5.02 Å². The maximum Gasteiger partial charge on any atom is 0.269 e. The van der Waals surface area contributed by atoms with Crippen molar-refractivity contribution in [1.82, 2.24) is 5.01 Å². The highest BCUT2D eigenvalue weighted by Crippen LogP contribution is 2.48. The summed E-state index contributed by atoms with van der Waals surface area (Å²) in [7, 11) is 0. The van der Waals surface area contributed by atoms with Crippen LogP contribution in [0.5, 0.6) is 5.75 Å². The molecule has 7 nitrogen and oxygen atoms in total. The van der Waals surface area contributed by atoms with Gasteiger partial charge in [-0.2, -0.15) is 5.10 Å². The summed E-state index contributed by atoms with van der Waals surface area (Å²) in [6, 6.07) is 15.5. The Morgan fingerprint density at radius 1 is 1.18 bits per heavy atom. The molecule has 3 aromatic rings. The molecular weight excluding hydrogens is 382 g/mol. The summed E-state index contributed by atoms with van der Waals surface area (Å²) in [5, 5.41) is 18.2. The number of rotatable bonds is 3. The molecule has 0 fully saturated rings. The minimum Gasteiger partial charge on any atom is -0.464 e. The summed E-state index contributed by atoms with van der Waals surface area (Å²) in [5.74, 6) is 1.44. The third-order valence-electron chi connectivity index (χ3n) is 4.95. The van der Waals surface area contributed by atoms with Crippen LogP contribution in [0.25, 0.3) is 0 Å². The number of halogens is 1. The van der Waals surface area contributed by atoms with Gasteiger partial charge in [0.15, 0.2) is 0 Å². The minimum absolute atomic E-state index is 0.0319. The van der Waals surface area contributed by atoms with Crippen LogP contribution in [0.4, 0.5) is 5.69 Å². The zero-order valence-corrected chi connectivity index (χ0v) is 15.2. The van der Waals surface area contributed by atoms with E-state index in [0.29, 0.717) is 17.2 Å². The van der Waals surface area contributed by atoms with Crippen molar-refractivity contribution < 1.29 is 14.1 Å². The Kier molecular flexibility index (Phi) is 3.84. The van der Waals surface area contributed by atoms with Crippen molar-refractivity contribution in [1.29, 1.82) is 0 Å². The average molecular weight is 396 g/mol. The highest BCUT2D eigenvalue weighted by molar-refractivity contribution is 6.30. The molecule has 0 N–H and O–H groups in total. The van der Waals surface area contributed by atoms with Crippen molar-refractivity contribution in [3.05, 3.63) is 92.9 Å². The molecule has 0 aliphatic carbocycles. The van der Waals surface area contributed by atoms with Crippen molar-refractivity contribution in [2.75, 3.05) is 0 Å². The Morgan fingerprint density at radius 3 is 2.71 bits per heavy atom. The first-order chi connectivity index (χ1) is 13.6. The predicted octanol–water partition coefficient (Wildman–Crippen LogP) is 5.08. The Hall–Kier alpha value is -3.32. The standard InChI is InChI=1S/C20H14ClN3O4/c21-13-5-8-18-15(10-13)17-11-16(19-2-1-9-27-19)22-23(17)20(28-18)12-3-6-14(7-4-12)24(25)26/h1-10,17,20H,11H2/t17-,20+/m1/s1. The van der Waals surface area contributed by atoms with E-state index in [0.717, 1.165) is 22.6 Å². The zero-order valence-electron chi connectivity index (χ0n) is 14.5. The molecule has 2 aliphatic heterocycles. The third-order valence-corrected chi connectivity index (χ3v) is 5.18. The summed E-state index contributed by atoms with van der Waals surface area (Å²) in [6.45, 7) is 0. The second-order valence-electron chi connectivity index (χ2n) is 6.62. The first-order valence-electron chi connectivity index (χ1n) is 8.70. The summed E-state index contributed by atoms with van der Waals surface area (Å²) in [5.41, 5.74) is 2.58. The van der Waals surface area contributed by atoms with Crippen LogP contribution in [0.3, 0.4) is 0 Å². The molecule has 0 radical (unpaired) electrons. The van der Waals surface area contributed by atoms with E-state index in [1.807, 2.05) is 29.3 Å². The average Bonchev–Trinajstić information content (AvgIpc) is 3.37. The molecule has 0 spiro atoms. The number of non-ortho nitro benzene ring substituents is 1. The Balaban J connectivity index is 1.58. The van der Waals surface area contributed by atoms with Gasteiger partial charge in [-0.3, -0.25) is 10.1 Å². The number of hydrogen-bond acceptors (Lipinski definition) is 6. The van der Waals surface area contributed by atoms with Crippen LogP contribution in [0.1, 0.15) is 35.6 Å². The van der Waals surface area contributed by atoms with Gasteiger partial charge in [-0.15, -0.1) is 0 Å². The monoisotopic (exact) mass is 395 g/mol. The van der Waals surface area contributed by atoms with Gasteiger partial charge in [0.2, 0.25) is 6.23 Å². The second-order valence-corrected chi connectivity index (χ2v) is 7.06. The van der Waals surface area contributed by atoms with E-state index in [-0.39, 0.29) is 11.7 Å². The van der Waals surface area contributed by atoms with Crippen molar-refractivity contribution in [3.63, 3.8) is 0 Å². The van der Waals surface area contributed by atoms with Crippen LogP contribution in [0, 0.1) is 10.1 Å². The molecule has 2 aliphatic rings. The molecule has 3 heterocycles. The summed E-state index contributed by atoms with van der Waals surface area (Å²) in [4.78, 5) is 10.5. The number of furan rings is 1. The topological polar surface area (TPSA) is 81.1 Å². The molecule has 2 atom stereocenters. The molecule has 0 saturated heterocycles. The molecule has 28 heavy (non-hydrogen) atoms. The fourth-order valence-corrected chi connectivity index (χ4v) is 3.81. The molecular formula is C20H14ClN3O4. The SMILES string of the molecule is O=[N+]([O-])c1ccc([C@@H]2Oc3ccc(Cl)cc3[C@H]3CC(c4ccco4)=NN32)cc1. The number of hydrazone groups is 1. The summed E-state index contributed by atoms with van der Waals surface area (Å²) >= 11 is 6.21. The van der Waals surface area contributed by atoms with Gasteiger partial charge in [0, 0.05) is 34.7 Å². The van der Waals surface area contributed by atoms with E-state index >= 15 is 0 Å². The lowest BCUT2D eigenvalue weighted by Crippen LogP contribution is -2.33. The van der Waals surface area contributed by atoms with Crippen LogP contribution in [0.15, 0.2) is 70.4 Å². The smallest absolute Gasteiger partial charge is 0.269 e. The molecule has 1 aromatic heterocycles. The molecule has 5 rings (SSSR count). The van der Waals surface area contributed by atoms with Gasteiger partial charge >= 0.3 is 0 Å². The molecule has 140 valence electrons. The fraction of sp³-hybridized carbons (Fsp3) is 0.150. The molecule has 0 unspecified atom stereocenters. The van der Waals surface area contributed by atoms with Crippen LogP contribution < -0.4 is 4.74 Å². The van der Waals surface area contributed by atoms with Crippen molar-refractivity contribution in [2.45, 2.75) is 18.7 Å². The Labute approximate surface area is 164 Å². The van der Waals surface area contributed by atoms with Gasteiger partial charge in [-0.25, -0.2) is 5.01 Å². The van der Waals surface area contributed by atoms with E-state index in [1.165, 1.54) is 12.1 Å². The number of benzene rings is 2. The second kappa shape index (κ2) is 6.38. The Bertz CT molecular complexity index is 1080. The van der Waals surface area contributed by atoms with E-state index in [9.17, 15) is 10.1 Å². The minimum atomic E-state index is -0.507. The molecule has 8 heteroatoms. The number of nitrogens with zero attached hydrogens (tertiary/aromatic N) is 3. The van der Waals surface area contributed by atoms with Gasteiger partial charge in [-0.05, 0) is 42.5 Å². The highest BCUT2D eigenvalue weighted by Gasteiger charge is 2.41. The van der Waals surface area contributed by atoms with Crippen molar-refractivity contribution in [2.24, 2.45) is 5.10 Å². The Morgan fingerprint density at radius 2 is 2.00 bits per heavy atom. The fourth-order valence-electron chi connectivity index (χ4n) is 3.63. The van der Waals surface area contributed by atoms with Crippen molar-refractivity contribution >= 4 is 23.0 Å². The van der Waals surface area contributed by atoms with Crippen LogP contribution >= 0.6 is 11.6 Å². The maximum atomic E-state index is 11.0. The van der Waals surface area contributed by atoms with Gasteiger partial charge in [0.25, 0.3) is 5.69 Å². The van der Waals surface area contributed by atoms with Crippen LogP contribution in [-0.2, 0) is 0 Å². The van der Waals surface area contributed by atoms with Crippen LogP contribution in [-0.4, -0.2) is 15.6 Å². The maximum absolute atomic E-state index is 11.0. The summed E-state index contributed by atoms with van der Waals surface area (Å²) < 4.78 is 11.7. The quantitative estimate of drug-likeness (QED) is 0.456.